The topological polar surface area (TPSA) is 35.6 Å². The van der Waals surface area contributed by atoms with Gasteiger partial charge in [0, 0.05) is 36.7 Å². The molecule has 1 fully saturated rings. The Balaban J connectivity index is 1.93. The monoisotopic (exact) mass is 337 g/mol. The van der Waals surface area contributed by atoms with Crippen LogP contribution in [0.15, 0.2) is 24.3 Å². The van der Waals surface area contributed by atoms with Gasteiger partial charge in [0.05, 0.1) is 6.04 Å². The van der Waals surface area contributed by atoms with Gasteiger partial charge in [-0.2, -0.15) is 0 Å². The molecule has 128 valence electrons. The minimum Gasteiger partial charge on any atom is -0.350 e. The molecule has 1 aromatic rings. The van der Waals surface area contributed by atoms with Crippen molar-refractivity contribution < 1.29 is 4.79 Å². The second-order valence-electron chi connectivity index (χ2n) is 7.16. The number of carbonyl (C=O) groups is 1. The molecule has 1 N–H and O–H groups in total. The van der Waals surface area contributed by atoms with Crippen LogP contribution in [0.1, 0.15) is 26.3 Å². The minimum absolute atomic E-state index is 0.0895. The predicted molar refractivity (Wildman–Crippen MR) is 95.9 cm³/mol. The largest absolute Gasteiger partial charge is 0.350 e. The molecule has 23 heavy (non-hydrogen) atoms. The van der Waals surface area contributed by atoms with Gasteiger partial charge in [-0.1, -0.05) is 29.8 Å². The van der Waals surface area contributed by atoms with Crippen LogP contribution in [0.3, 0.4) is 0 Å². The van der Waals surface area contributed by atoms with Crippen LogP contribution < -0.4 is 5.32 Å². The Morgan fingerprint density at radius 2 is 1.87 bits per heavy atom. The summed E-state index contributed by atoms with van der Waals surface area (Å²) in [5.74, 6) is 0.0895. The summed E-state index contributed by atoms with van der Waals surface area (Å²) in [4.78, 5) is 17.2. The van der Waals surface area contributed by atoms with Crippen LogP contribution in [0.2, 0.25) is 5.02 Å². The zero-order valence-corrected chi connectivity index (χ0v) is 15.4. The van der Waals surface area contributed by atoms with Gasteiger partial charge in [0.2, 0.25) is 5.91 Å². The molecule has 1 saturated heterocycles. The van der Waals surface area contributed by atoms with E-state index in [9.17, 15) is 4.79 Å². The molecule has 0 aromatic heterocycles. The summed E-state index contributed by atoms with van der Waals surface area (Å²) < 4.78 is 0. The smallest absolute Gasteiger partial charge is 0.237 e. The van der Waals surface area contributed by atoms with Crippen LogP contribution in [0, 0.1) is 0 Å². The normalized spacial score (nSPS) is 18.7. The fraction of sp³-hybridized carbons (Fsp3) is 0.611. The van der Waals surface area contributed by atoms with Gasteiger partial charge in [-0.3, -0.25) is 9.69 Å². The Morgan fingerprint density at radius 1 is 1.26 bits per heavy atom. The number of rotatable bonds is 5. The molecule has 0 aliphatic carbocycles. The number of hydrogen-bond donors (Lipinski definition) is 1. The van der Waals surface area contributed by atoms with Gasteiger partial charge in [-0.15, -0.1) is 0 Å². The van der Waals surface area contributed by atoms with Crippen molar-refractivity contribution in [2.45, 2.75) is 38.8 Å². The summed E-state index contributed by atoms with van der Waals surface area (Å²) in [5.41, 5.74) is 0.731. The number of amides is 1. The van der Waals surface area contributed by atoms with E-state index >= 15 is 0 Å². The first kappa shape index (κ1) is 18.2. The summed E-state index contributed by atoms with van der Waals surface area (Å²) in [7, 11) is 2.12. The lowest BCUT2D eigenvalue weighted by molar-refractivity contribution is -0.128. The first-order valence-electron chi connectivity index (χ1n) is 8.26. The molecule has 2 rings (SSSR count). The molecule has 1 aromatic carbocycles. The predicted octanol–water partition coefficient (Wildman–Crippen LogP) is 2.41. The Kier molecular flexibility index (Phi) is 6.06. The van der Waals surface area contributed by atoms with Crippen LogP contribution in [0.4, 0.5) is 0 Å². The number of piperazine rings is 1. The van der Waals surface area contributed by atoms with Crippen molar-refractivity contribution >= 4 is 17.5 Å². The van der Waals surface area contributed by atoms with Crippen molar-refractivity contribution in [3.05, 3.63) is 34.9 Å². The zero-order valence-electron chi connectivity index (χ0n) is 14.6. The Bertz CT molecular complexity index is 539. The van der Waals surface area contributed by atoms with Gasteiger partial charge in [0.25, 0.3) is 0 Å². The maximum absolute atomic E-state index is 12.6. The van der Waals surface area contributed by atoms with Crippen LogP contribution in [-0.2, 0) is 11.2 Å². The van der Waals surface area contributed by atoms with E-state index < -0.39 is 0 Å². The van der Waals surface area contributed by atoms with Gasteiger partial charge in [0.1, 0.15) is 0 Å². The van der Waals surface area contributed by atoms with E-state index in [2.05, 4.69) is 22.2 Å². The molecule has 1 amide bonds. The standard InChI is InChI=1S/C18H28ClN3O/c1-14(22-11-9-21(4)10-12-22)17(23)20-18(2,3)13-15-7-5-6-8-16(15)19/h5-8,14H,9-13H2,1-4H3,(H,20,23). The molecular weight excluding hydrogens is 310 g/mol. The highest BCUT2D eigenvalue weighted by molar-refractivity contribution is 6.31. The second-order valence-corrected chi connectivity index (χ2v) is 7.56. The van der Waals surface area contributed by atoms with Crippen molar-refractivity contribution in [2.75, 3.05) is 33.2 Å². The van der Waals surface area contributed by atoms with Gasteiger partial charge in [-0.25, -0.2) is 0 Å². The number of carbonyl (C=O) groups excluding carboxylic acids is 1. The average molecular weight is 338 g/mol. The first-order valence-corrected chi connectivity index (χ1v) is 8.64. The summed E-state index contributed by atoms with van der Waals surface area (Å²) in [6, 6.07) is 7.70. The molecule has 0 radical (unpaired) electrons. The molecule has 5 heteroatoms. The number of nitrogens with zero attached hydrogens (tertiary/aromatic N) is 2. The number of benzene rings is 1. The zero-order chi connectivity index (χ0) is 17.0. The molecule has 0 spiro atoms. The maximum Gasteiger partial charge on any atom is 0.237 e. The number of nitrogens with one attached hydrogen (secondary N) is 1. The fourth-order valence-corrected chi connectivity index (χ4v) is 3.18. The van der Waals surface area contributed by atoms with E-state index in [0.717, 1.165) is 36.8 Å². The summed E-state index contributed by atoms with van der Waals surface area (Å²) in [5, 5.41) is 3.94. The number of hydrogen-bond acceptors (Lipinski definition) is 3. The van der Waals surface area contributed by atoms with E-state index in [0.29, 0.717) is 6.42 Å². The average Bonchev–Trinajstić information content (AvgIpc) is 2.49. The van der Waals surface area contributed by atoms with E-state index in [1.165, 1.54) is 0 Å². The van der Waals surface area contributed by atoms with Gasteiger partial charge in [0.15, 0.2) is 0 Å². The van der Waals surface area contributed by atoms with Crippen molar-refractivity contribution in [2.24, 2.45) is 0 Å². The highest BCUT2D eigenvalue weighted by Gasteiger charge is 2.29. The third-order valence-corrected chi connectivity index (χ3v) is 4.89. The molecule has 1 unspecified atom stereocenters. The summed E-state index contributed by atoms with van der Waals surface area (Å²) >= 11 is 6.24. The number of likely N-dealkylation sites (N-methyl/N-ethyl adjacent to an activating group) is 1. The van der Waals surface area contributed by atoms with E-state index in [1.807, 2.05) is 45.0 Å². The Labute approximate surface area is 144 Å². The maximum atomic E-state index is 12.6. The summed E-state index contributed by atoms with van der Waals surface area (Å²) in [6.45, 7) is 10.00. The van der Waals surface area contributed by atoms with E-state index in [1.54, 1.807) is 0 Å². The van der Waals surface area contributed by atoms with E-state index in [4.69, 9.17) is 11.6 Å². The van der Waals surface area contributed by atoms with Crippen molar-refractivity contribution in [3.8, 4) is 0 Å². The van der Waals surface area contributed by atoms with Crippen LogP contribution in [-0.4, -0.2) is 60.5 Å². The van der Waals surface area contributed by atoms with Gasteiger partial charge >= 0.3 is 0 Å². The van der Waals surface area contributed by atoms with Crippen LogP contribution in [0.25, 0.3) is 0 Å². The molecule has 1 heterocycles. The van der Waals surface area contributed by atoms with Crippen molar-refractivity contribution in [3.63, 3.8) is 0 Å². The molecule has 0 bridgehead atoms. The Morgan fingerprint density at radius 3 is 2.48 bits per heavy atom. The second kappa shape index (κ2) is 7.65. The minimum atomic E-state index is -0.330. The molecule has 1 aliphatic rings. The van der Waals surface area contributed by atoms with Crippen molar-refractivity contribution in [1.82, 2.24) is 15.1 Å². The molecule has 1 atom stereocenters. The molecular formula is C18H28ClN3O. The lowest BCUT2D eigenvalue weighted by Crippen LogP contribution is -2.56. The van der Waals surface area contributed by atoms with Crippen molar-refractivity contribution in [1.29, 1.82) is 0 Å². The van der Waals surface area contributed by atoms with E-state index in [-0.39, 0.29) is 17.5 Å². The molecule has 1 aliphatic heterocycles. The highest BCUT2D eigenvalue weighted by Crippen LogP contribution is 2.21. The third kappa shape index (κ3) is 5.20. The molecule has 0 saturated carbocycles. The lowest BCUT2D eigenvalue weighted by Gasteiger charge is -2.37. The summed E-state index contributed by atoms with van der Waals surface area (Å²) in [6.07, 6.45) is 0.716. The lowest BCUT2D eigenvalue weighted by atomic mass is 9.94. The fourth-order valence-electron chi connectivity index (χ4n) is 2.98. The third-order valence-electron chi connectivity index (χ3n) is 4.52. The number of halogens is 1. The SMILES string of the molecule is CC(C(=O)NC(C)(C)Cc1ccccc1Cl)N1CCN(C)CC1. The molecule has 4 nitrogen and oxygen atoms in total. The Hall–Kier alpha value is -1.10. The first-order chi connectivity index (χ1) is 10.8. The highest BCUT2D eigenvalue weighted by atomic mass is 35.5. The van der Waals surface area contributed by atoms with Gasteiger partial charge < -0.3 is 10.2 Å². The quantitative estimate of drug-likeness (QED) is 0.896. The van der Waals surface area contributed by atoms with Crippen LogP contribution in [0.5, 0.6) is 0 Å². The van der Waals surface area contributed by atoms with Gasteiger partial charge in [-0.05, 0) is 45.9 Å². The van der Waals surface area contributed by atoms with Crippen LogP contribution >= 0.6 is 11.6 Å².